The van der Waals surface area contributed by atoms with E-state index in [4.69, 9.17) is 4.74 Å². The van der Waals surface area contributed by atoms with Crippen LogP contribution in [0.5, 0.6) is 0 Å². The highest BCUT2D eigenvalue weighted by Crippen LogP contribution is 2.24. The van der Waals surface area contributed by atoms with Crippen molar-refractivity contribution in [1.82, 2.24) is 10.2 Å². The number of nitrogens with one attached hydrogen (secondary N) is 1. The van der Waals surface area contributed by atoms with Gasteiger partial charge in [0.2, 0.25) is 5.91 Å². The van der Waals surface area contributed by atoms with E-state index in [9.17, 15) is 4.79 Å². The summed E-state index contributed by atoms with van der Waals surface area (Å²) in [4.78, 5) is 17.0. The molecule has 2 atom stereocenters. The zero-order valence-electron chi connectivity index (χ0n) is 12.7. The molecule has 1 aromatic carbocycles. The summed E-state index contributed by atoms with van der Waals surface area (Å²) in [5.41, 5.74) is 2.42. The van der Waals surface area contributed by atoms with Crippen LogP contribution in [0.25, 0.3) is 0 Å². The van der Waals surface area contributed by atoms with Crippen LogP contribution >= 0.6 is 0 Å². The van der Waals surface area contributed by atoms with E-state index in [1.165, 1.54) is 11.3 Å². The Labute approximate surface area is 125 Å². The molecule has 1 N–H and O–H groups in total. The van der Waals surface area contributed by atoms with Gasteiger partial charge in [-0.25, -0.2) is 0 Å². The predicted molar refractivity (Wildman–Crippen MR) is 82.3 cm³/mol. The molecular formula is C16H23N3O2. The Kier molecular flexibility index (Phi) is 4.12. The second-order valence-electron chi connectivity index (χ2n) is 5.82. The summed E-state index contributed by atoms with van der Waals surface area (Å²) in [6.07, 6.45) is -0.0672. The minimum Gasteiger partial charge on any atom is -0.375 e. The predicted octanol–water partition coefficient (Wildman–Crippen LogP) is 0.842. The molecule has 0 unspecified atom stereocenters. The summed E-state index contributed by atoms with van der Waals surface area (Å²) < 4.78 is 5.60. The number of nitrogens with zero attached hydrogens (tertiary/aromatic N) is 2. The van der Waals surface area contributed by atoms with Gasteiger partial charge in [-0.05, 0) is 18.6 Å². The first-order valence-electron chi connectivity index (χ1n) is 7.59. The van der Waals surface area contributed by atoms with Gasteiger partial charge in [-0.15, -0.1) is 0 Å². The molecule has 0 spiro atoms. The second-order valence-corrected chi connectivity index (χ2v) is 5.82. The van der Waals surface area contributed by atoms with Gasteiger partial charge < -0.3 is 19.9 Å². The van der Waals surface area contributed by atoms with Gasteiger partial charge in [0.05, 0.1) is 12.7 Å². The first kappa shape index (κ1) is 14.4. The van der Waals surface area contributed by atoms with Gasteiger partial charge >= 0.3 is 0 Å². The standard InChI is InChI=1S/C16H23N3O2/c1-12-15(17-7-10-21-12)16(20)19-9-8-18(2)14-6-4-3-5-13(14)11-19/h3-6,12,15,17H,7-11H2,1-2H3/t12-,15+/m1/s1. The number of anilines is 1. The quantitative estimate of drug-likeness (QED) is 0.832. The van der Waals surface area contributed by atoms with E-state index in [-0.39, 0.29) is 18.1 Å². The number of amides is 1. The van der Waals surface area contributed by atoms with E-state index in [2.05, 4.69) is 29.4 Å². The van der Waals surface area contributed by atoms with Crippen LogP contribution in [0.3, 0.4) is 0 Å². The van der Waals surface area contributed by atoms with Crippen molar-refractivity contribution in [1.29, 1.82) is 0 Å². The van der Waals surface area contributed by atoms with Gasteiger partial charge in [0, 0.05) is 38.9 Å². The highest BCUT2D eigenvalue weighted by molar-refractivity contribution is 5.83. The summed E-state index contributed by atoms with van der Waals surface area (Å²) >= 11 is 0. The van der Waals surface area contributed by atoms with E-state index in [0.29, 0.717) is 13.2 Å². The SMILES string of the molecule is C[C@H]1OCCN[C@@H]1C(=O)N1CCN(C)c2ccccc2C1. The first-order chi connectivity index (χ1) is 10.2. The number of carbonyl (C=O) groups excluding carboxylic acids is 1. The number of ether oxygens (including phenoxy) is 1. The molecule has 1 aromatic rings. The Morgan fingerprint density at radius 3 is 2.95 bits per heavy atom. The summed E-state index contributed by atoms with van der Waals surface area (Å²) in [6, 6.07) is 8.07. The Morgan fingerprint density at radius 1 is 1.33 bits per heavy atom. The number of hydrogen-bond donors (Lipinski definition) is 1. The van der Waals surface area contributed by atoms with Gasteiger partial charge in [0.1, 0.15) is 6.04 Å². The van der Waals surface area contributed by atoms with Crippen LogP contribution in [0.2, 0.25) is 0 Å². The zero-order chi connectivity index (χ0) is 14.8. The molecule has 114 valence electrons. The van der Waals surface area contributed by atoms with Crippen molar-refractivity contribution in [2.75, 3.05) is 38.2 Å². The van der Waals surface area contributed by atoms with Gasteiger partial charge in [-0.2, -0.15) is 0 Å². The van der Waals surface area contributed by atoms with Crippen LogP contribution in [0.15, 0.2) is 24.3 Å². The van der Waals surface area contributed by atoms with Crippen molar-refractivity contribution in [3.8, 4) is 0 Å². The topological polar surface area (TPSA) is 44.8 Å². The molecule has 0 saturated carbocycles. The van der Waals surface area contributed by atoms with Crippen molar-refractivity contribution >= 4 is 11.6 Å². The van der Waals surface area contributed by atoms with Crippen molar-refractivity contribution in [3.05, 3.63) is 29.8 Å². The average Bonchev–Trinajstić information content (AvgIpc) is 2.67. The number of morpholine rings is 1. The second kappa shape index (κ2) is 6.03. The molecule has 0 radical (unpaired) electrons. The Morgan fingerprint density at radius 2 is 2.14 bits per heavy atom. The van der Waals surface area contributed by atoms with Crippen molar-refractivity contribution in [2.24, 2.45) is 0 Å². The maximum absolute atomic E-state index is 12.8. The molecular weight excluding hydrogens is 266 g/mol. The van der Waals surface area contributed by atoms with Gasteiger partial charge in [0.15, 0.2) is 0 Å². The Balaban J connectivity index is 1.79. The molecule has 2 aliphatic heterocycles. The lowest BCUT2D eigenvalue weighted by Crippen LogP contribution is -2.56. The molecule has 0 bridgehead atoms. The van der Waals surface area contributed by atoms with Crippen molar-refractivity contribution in [2.45, 2.75) is 25.6 Å². The fraction of sp³-hybridized carbons (Fsp3) is 0.562. The first-order valence-corrected chi connectivity index (χ1v) is 7.59. The smallest absolute Gasteiger partial charge is 0.242 e. The largest absolute Gasteiger partial charge is 0.375 e. The lowest BCUT2D eigenvalue weighted by molar-refractivity contribution is -0.139. The van der Waals surface area contributed by atoms with Gasteiger partial charge in [-0.1, -0.05) is 18.2 Å². The molecule has 5 nitrogen and oxygen atoms in total. The highest BCUT2D eigenvalue weighted by atomic mass is 16.5. The monoisotopic (exact) mass is 289 g/mol. The summed E-state index contributed by atoms with van der Waals surface area (Å²) in [6.45, 7) is 5.65. The number of hydrogen-bond acceptors (Lipinski definition) is 4. The Bertz CT molecular complexity index is 520. The van der Waals surface area contributed by atoms with Crippen LogP contribution in [0, 0.1) is 0 Å². The van der Waals surface area contributed by atoms with E-state index in [1.54, 1.807) is 0 Å². The number of para-hydroxylation sites is 1. The minimum atomic E-state index is -0.227. The lowest BCUT2D eigenvalue weighted by Gasteiger charge is -2.33. The van der Waals surface area contributed by atoms with E-state index in [1.807, 2.05) is 24.0 Å². The molecule has 2 heterocycles. The van der Waals surface area contributed by atoms with Crippen molar-refractivity contribution < 1.29 is 9.53 Å². The van der Waals surface area contributed by atoms with Crippen molar-refractivity contribution in [3.63, 3.8) is 0 Å². The molecule has 5 heteroatoms. The Hall–Kier alpha value is -1.59. The van der Waals surface area contributed by atoms with Gasteiger partial charge in [0.25, 0.3) is 0 Å². The fourth-order valence-electron chi connectivity index (χ4n) is 3.09. The zero-order valence-corrected chi connectivity index (χ0v) is 12.7. The van der Waals surface area contributed by atoms with E-state index in [0.717, 1.165) is 19.6 Å². The third kappa shape index (κ3) is 2.89. The number of benzene rings is 1. The van der Waals surface area contributed by atoms with Crippen LogP contribution in [-0.2, 0) is 16.1 Å². The van der Waals surface area contributed by atoms with Gasteiger partial charge in [-0.3, -0.25) is 4.79 Å². The number of likely N-dealkylation sites (N-methyl/N-ethyl adjacent to an activating group) is 1. The molecule has 1 saturated heterocycles. The molecule has 1 fully saturated rings. The highest BCUT2D eigenvalue weighted by Gasteiger charge is 2.33. The number of rotatable bonds is 1. The summed E-state index contributed by atoms with van der Waals surface area (Å²) in [5.74, 6) is 0.146. The average molecular weight is 289 g/mol. The lowest BCUT2D eigenvalue weighted by atomic mass is 10.1. The van der Waals surface area contributed by atoms with Crippen LogP contribution < -0.4 is 10.2 Å². The minimum absolute atomic E-state index is 0.0672. The van der Waals surface area contributed by atoms with E-state index < -0.39 is 0 Å². The number of fused-ring (bicyclic) bond motifs is 1. The molecule has 3 rings (SSSR count). The van der Waals surface area contributed by atoms with E-state index >= 15 is 0 Å². The summed E-state index contributed by atoms with van der Waals surface area (Å²) in [5, 5.41) is 3.29. The third-order valence-corrected chi connectivity index (χ3v) is 4.36. The molecule has 0 aliphatic carbocycles. The maximum atomic E-state index is 12.8. The van der Waals surface area contributed by atoms with Crippen LogP contribution in [-0.4, -0.2) is 56.2 Å². The normalized spacial score (nSPS) is 26.2. The molecule has 0 aromatic heterocycles. The summed E-state index contributed by atoms with van der Waals surface area (Å²) in [7, 11) is 2.08. The number of carbonyl (C=O) groups is 1. The molecule has 2 aliphatic rings. The fourth-order valence-corrected chi connectivity index (χ4v) is 3.09. The van der Waals surface area contributed by atoms with Crippen LogP contribution in [0.1, 0.15) is 12.5 Å². The molecule has 1 amide bonds. The van der Waals surface area contributed by atoms with Crippen LogP contribution in [0.4, 0.5) is 5.69 Å². The molecule has 21 heavy (non-hydrogen) atoms. The third-order valence-electron chi connectivity index (χ3n) is 4.36. The maximum Gasteiger partial charge on any atom is 0.242 e.